The van der Waals surface area contributed by atoms with Crippen LogP contribution in [0.4, 0.5) is 8.78 Å². The molecule has 1 saturated carbocycles. The number of hydrogen-bond donors (Lipinski definition) is 1. The van der Waals surface area contributed by atoms with E-state index >= 15 is 0 Å². The van der Waals surface area contributed by atoms with E-state index in [-0.39, 0.29) is 12.1 Å². The Kier molecular flexibility index (Phi) is 5.11. The second kappa shape index (κ2) is 6.64. The van der Waals surface area contributed by atoms with Crippen molar-refractivity contribution < 1.29 is 13.5 Å². The lowest BCUT2D eigenvalue weighted by Gasteiger charge is -2.28. The Labute approximate surface area is 119 Å². The van der Waals surface area contributed by atoms with Gasteiger partial charge in [-0.2, -0.15) is 0 Å². The number of aryl methyl sites for hydroxylation is 1. The van der Waals surface area contributed by atoms with E-state index in [4.69, 9.17) is 4.74 Å². The zero-order valence-corrected chi connectivity index (χ0v) is 12.4. The third-order valence-electron chi connectivity index (χ3n) is 3.84. The summed E-state index contributed by atoms with van der Waals surface area (Å²) in [4.78, 5) is 0. The Morgan fingerprint density at radius 3 is 2.50 bits per heavy atom. The predicted octanol–water partition coefficient (Wildman–Crippen LogP) is 3.74. The topological polar surface area (TPSA) is 21.3 Å². The highest BCUT2D eigenvalue weighted by Gasteiger charge is 2.39. The molecule has 0 amide bonds. The largest absolute Gasteiger partial charge is 0.376 e. The van der Waals surface area contributed by atoms with Crippen LogP contribution >= 0.6 is 0 Å². The van der Waals surface area contributed by atoms with Gasteiger partial charge in [-0.15, -0.1) is 0 Å². The molecule has 2 rings (SSSR count). The third-order valence-corrected chi connectivity index (χ3v) is 3.84. The highest BCUT2D eigenvalue weighted by Crippen LogP contribution is 2.40. The van der Waals surface area contributed by atoms with Crippen LogP contribution in [-0.4, -0.2) is 19.3 Å². The Hall–Kier alpha value is -1.00. The summed E-state index contributed by atoms with van der Waals surface area (Å²) in [6, 6.07) is 3.02. The molecule has 1 N–H and O–H groups in total. The minimum Gasteiger partial charge on any atom is -0.376 e. The maximum Gasteiger partial charge on any atom is 0.163 e. The summed E-state index contributed by atoms with van der Waals surface area (Å²) in [5, 5.41) is 3.26. The van der Waals surface area contributed by atoms with Crippen LogP contribution in [0.15, 0.2) is 12.1 Å². The van der Waals surface area contributed by atoms with Crippen molar-refractivity contribution in [3.8, 4) is 0 Å². The molecule has 0 aliphatic heterocycles. The molecule has 0 heterocycles. The molecule has 1 aromatic carbocycles. The first-order valence-electron chi connectivity index (χ1n) is 7.39. The zero-order chi connectivity index (χ0) is 14.7. The molecule has 0 bridgehead atoms. The molecule has 0 radical (unpaired) electrons. The fourth-order valence-electron chi connectivity index (χ4n) is 2.65. The molecule has 2 unspecified atom stereocenters. The molecule has 1 fully saturated rings. The molecule has 0 saturated heterocycles. The van der Waals surface area contributed by atoms with Crippen LogP contribution < -0.4 is 5.32 Å². The summed E-state index contributed by atoms with van der Waals surface area (Å²) in [5.41, 5.74) is 0.709. The maximum absolute atomic E-state index is 14.2. The predicted molar refractivity (Wildman–Crippen MR) is 75.7 cm³/mol. The molecule has 1 aliphatic carbocycles. The first-order valence-corrected chi connectivity index (χ1v) is 7.39. The second-order valence-corrected chi connectivity index (χ2v) is 5.39. The molecule has 112 valence electrons. The lowest BCUT2D eigenvalue weighted by atomic mass is 9.96. The SMILES string of the molecule is CCNC(c1ccc(C)c(F)c1F)C(OCC)C1CC1. The van der Waals surface area contributed by atoms with Gasteiger partial charge < -0.3 is 10.1 Å². The van der Waals surface area contributed by atoms with E-state index in [1.807, 2.05) is 13.8 Å². The lowest BCUT2D eigenvalue weighted by Crippen LogP contribution is -2.36. The molecule has 0 spiro atoms. The van der Waals surface area contributed by atoms with Crippen molar-refractivity contribution in [1.82, 2.24) is 5.32 Å². The fourth-order valence-corrected chi connectivity index (χ4v) is 2.65. The van der Waals surface area contributed by atoms with Gasteiger partial charge in [0, 0.05) is 12.2 Å². The van der Waals surface area contributed by atoms with E-state index in [9.17, 15) is 8.78 Å². The number of nitrogens with one attached hydrogen (secondary N) is 1. The van der Waals surface area contributed by atoms with Crippen molar-refractivity contribution in [2.24, 2.45) is 5.92 Å². The smallest absolute Gasteiger partial charge is 0.163 e. The summed E-state index contributed by atoms with van der Waals surface area (Å²) in [5.74, 6) is -1.06. The molecule has 1 aliphatic rings. The van der Waals surface area contributed by atoms with Crippen LogP contribution in [0.1, 0.15) is 43.9 Å². The van der Waals surface area contributed by atoms with Gasteiger partial charge >= 0.3 is 0 Å². The first-order chi connectivity index (χ1) is 9.60. The van der Waals surface area contributed by atoms with Crippen molar-refractivity contribution in [1.29, 1.82) is 0 Å². The van der Waals surface area contributed by atoms with Crippen LogP contribution in [0.25, 0.3) is 0 Å². The van der Waals surface area contributed by atoms with Crippen LogP contribution in [0.2, 0.25) is 0 Å². The number of hydrogen-bond acceptors (Lipinski definition) is 2. The zero-order valence-electron chi connectivity index (χ0n) is 12.4. The molecular weight excluding hydrogens is 260 g/mol. The molecule has 1 aromatic rings. The number of benzene rings is 1. The van der Waals surface area contributed by atoms with Crippen molar-refractivity contribution in [2.45, 2.75) is 45.8 Å². The Bertz CT molecular complexity index is 460. The number of halogens is 2. The molecular formula is C16H23F2NO. The number of likely N-dealkylation sites (N-methyl/N-ethyl adjacent to an activating group) is 1. The van der Waals surface area contributed by atoms with E-state index in [1.54, 1.807) is 19.1 Å². The van der Waals surface area contributed by atoms with Crippen LogP contribution in [0, 0.1) is 24.5 Å². The van der Waals surface area contributed by atoms with Gasteiger partial charge in [0.15, 0.2) is 11.6 Å². The van der Waals surface area contributed by atoms with Crippen molar-refractivity contribution in [2.75, 3.05) is 13.2 Å². The molecule has 2 atom stereocenters. The van der Waals surface area contributed by atoms with Gasteiger partial charge in [0.25, 0.3) is 0 Å². The molecule has 4 heteroatoms. The monoisotopic (exact) mass is 283 g/mol. The van der Waals surface area contributed by atoms with E-state index in [1.165, 1.54) is 0 Å². The summed E-state index contributed by atoms with van der Waals surface area (Å²) in [6.45, 7) is 6.75. The average molecular weight is 283 g/mol. The Morgan fingerprint density at radius 2 is 1.95 bits per heavy atom. The Morgan fingerprint density at radius 1 is 1.25 bits per heavy atom. The number of rotatable bonds is 7. The van der Waals surface area contributed by atoms with E-state index in [0.29, 0.717) is 30.2 Å². The van der Waals surface area contributed by atoms with E-state index < -0.39 is 11.6 Å². The quantitative estimate of drug-likeness (QED) is 0.823. The van der Waals surface area contributed by atoms with Gasteiger partial charge in [0.1, 0.15) is 0 Å². The highest BCUT2D eigenvalue weighted by molar-refractivity contribution is 5.29. The van der Waals surface area contributed by atoms with Crippen molar-refractivity contribution >= 4 is 0 Å². The molecule has 20 heavy (non-hydrogen) atoms. The van der Waals surface area contributed by atoms with Crippen LogP contribution in [0.3, 0.4) is 0 Å². The van der Waals surface area contributed by atoms with Crippen LogP contribution in [-0.2, 0) is 4.74 Å². The fraction of sp³-hybridized carbons (Fsp3) is 0.625. The standard InChI is InChI=1S/C16H23F2NO/c1-4-19-15(16(20-5-2)11-7-8-11)12-9-6-10(3)13(17)14(12)18/h6,9,11,15-16,19H,4-5,7-8H2,1-3H3. The van der Waals surface area contributed by atoms with Gasteiger partial charge in [0.2, 0.25) is 0 Å². The first kappa shape index (κ1) is 15.4. The lowest BCUT2D eigenvalue weighted by molar-refractivity contribution is 0.0179. The van der Waals surface area contributed by atoms with Gasteiger partial charge in [-0.25, -0.2) is 8.78 Å². The van der Waals surface area contributed by atoms with Crippen LogP contribution in [0.5, 0.6) is 0 Å². The molecule has 2 nitrogen and oxygen atoms in total. The minimum absolute atomic E-state index is 0.0865. The normalized spacial score (nSPS) is 18.1. The van der Waals surface area contributed by atoms with Crippen molar-refractivity contribution in [3.63, 3.8) is 0 Å². The van der Waals surface area contributed by atoms with E-state index in [2.05, 4.69) is 5.32 Å². The second-order valence-electron chi connectivity index (χ2n) is 5.39. The van der Waals surface area contributed by atoms with Gasteiger partial charge in [0.05, 0.1) is 12.1 Å². The maximum atomic E-state index is 14.2. The van der Waals surface area contributed by atoms with Crippen molar-refractivity contribution in [3.05, 3.63) is 34.9 Å². The average Bonchev–Trinajstić information content (AvgIpc) is 3.25. The van der Waals surface area contributed by atoms with Gasteiger partial charge in [-0.3, -0.25) is 0 Å². The number of ether oxygens (including phenoxy) is 1. The Balaban J connectivity index is 2.34. The van der Waals surface area contributed by atoms with E-state index in [0.717, 1.165) is 12.8 Å². The minimum atomic E-state index is -0.753. The summed E-state index contributed by atoms with van der Waals surface area (Å²) >= 11 is 0. The highest BCUT2D eigenvalue weighted by atomic mass is 19.2. The van der Waals surface area contributed by atoms with Gasteiger partial charge in [-0.1, -0.05) is 19.1 Å². The molecule has 0 aromatic heterocycles. The summed E-state index contributed by atoms with van der Waals surface area (Å²) in [7, 11) is 0. The summed E-state index contributed by atoms with van der Waals surface area (Å²) < 4.78 is 33.9. The third kappa shape index (κ3) is 3.18. The summed E-state index contributed by atoms with van der Waals surface area (Å²) in [6.07, 6.45) is 2.11. The van der Waals surface area contributed by atoms with Gasteiger partial charge in [-0.05, 0) is 44.7 Å².